The summed E-state index contributed by atoms with van der Waals surface area (Å²) in [6, 6.07) is 17.0. The van der Waals surface area contributed by atoms with Crippen molar-refractivity contribution in [1.82, 2.24) is 10.2 Å². The van der Waals surface area contributed by atoms with Gasteiger partial charge in [-0.15, -0.1) is 10.2 Å². The quantitative estimate of drug-likeness (QED) is 0.459. The third-order valence-corrected chi connectivity index (χ3v) is 5.22. The minimum atomic E-state index is 0.0563. The first-order chi connectivity index (χ1) is 12.2. The van der Waals surface area contributed by atoms with Crippen molar-refractivity contribution in [3.63, 3.8) is 0 Å². The number of Topliss-reactive ketones (excluding diaryl/α,β-unsaturated/α-hetero) is 1. The SMILES string of the molecule is CCOc1ccc(C(=O)CSc2nnc(Nc3ccccc3)s2)cc1. The van der Waals surface area contributed by atoms with E-state index in [1.165, 1.54) is 23.1 Å². The molecule has 0 aliphatic rings. The zero-order valence-electron chi connectivity index (χ0n) is 13.6. The lowest BCUT2D eigenvalue weighted by atomic mass is 10.1. The van der Waals surface area contributed by atoms with Crippen LogP contribution >= 0.6 is 23.1 Å². The first-order valence-electron chi connectivity index (χ1n) is 7.79. The molecule has 0 saturated heterocycles. The molecule has 0 radical (unpaired) electrons. The monoisotopic (exact) mass is 371 g/mol. The largest absolute Gasteiger partial charge is 0.494 e. The van der Waals surface area contributed by atoms with Crippen LogP contribution in [0.2, 0.25) is 0 Å². The van der Waals surface area contributed by atoms with E-state index in [9.17, 15) is 4.79 Å². The average Bonchev–Trinajstić information content (AvgIpc) is 3.09. The van der Waals surface area contributed by atoms with Crippen molar-refractivity contribution in [2.24, 2.45) is 0 Å². The number of aromatic nitrogens is 2. The summed E-state index contributed by atoms with van der Waals surface area (Å²) in [7, 11) is 0. The van der Waals surface area contributed by atoms with Gasteiger partial charge in [-0.2, -0.15) is 0 Å². The first kappa shape index (κ1) is 17.4. The number of nitrogens with zero attached hydrogens (tertiary/aromatic N) is 2. The Balaban J connectivity index is 1.54. The number of para-hydroxylation sites is 1. The van der Waals surface area contributed by atoms with Crippen LogP contribution in [0.3, 0.4) is 0 Å². The maximum Gasteiger partial charge on any atom is 0.210 e. The normalized spacial score (nSPS) is 10.4. The van der Waals surface area contributed by atoms with Gasteiger partial charge in [0, 0.05) is 11.3 Å². The molecule has 0 unspecified atom stereocenters. The Kier molecular flexibility index (Phi) is 6.03. The summed E-state index contributed by atoms with van der Waals surface area (Å²) in [4.78, 5) is 12.3. The highest BCUT2D eigenvalue weighted by Crippen LogP contribution is 2.28. The number of hydrogen-bond donors (Lipinski definition) is 1. The molecule has 25 heavy (non-hydrogen) atoms. The van der Waals surface area contributed by atoms with Crippen LogP contribution in [0.1, 0.15) is 17.3 Å². The van der Waals surface area contributed by atoms with Gasteiger partial charge in [0.25, 0.3) is 0 Å². The topological polar surface area (TPSA) is 64.1 Å². The van der Waals surface area contributed by atoms with Gasteiger partial charge in [0.2, 0.25) is 5.13 Å². The molecule has 0 aliphatic carbocycles. The Morgan fingerprint density at radius 3 is 2.60 bits per heavy atom. The van der Waals surface area contributed by atoms with Gasteiger partial charge in [-0.05, 0) is 43.3 Å². The van der Waals surface area contributed by atoms with Crippen molar-refractivity contribution in [1.29, 1.82) is 0 Å². The molecule has 0 spiro atoms. The summed E-state index contributed by atoms with van der Waals surface area (Å²) in [6.07, 6.45) is 0. The van der Waals surface area contributed by atoms with Gasteiger partial charge < -0.3 is 10.1 Å². The van der Waals surface area contributed by atoms with Gasteiger partial charge in [-0.25, -0.2) is 0 Å². The fourth-order valence-corrected chi connectivity index (χ4v) is 3.74. The number of ketones is 1. The van der Waals surface area contributed by atoms with Crippen molar-refractivity contribution in [2.75, 3.05) is 17.7 Å². The highest BCUT2D eigenvalue weighted by Gasteiger charge is 2.10. The van der Waals surface area contributed by atoms with Crippen LogP contribution in [0.4, 0.5) is 10.8 Å². The van der Waals surface area contributed by atoms with E-state index in [1.54, 1.807) is 12.1 Å². The van der Waals surface area contributed by atoms with E-state index in [-0.39, 0.29) is 5.78 Å². The Labute approximate surface area is 154 Å². The van der Waals surface area contributed by atoms with Gasteiger partial charge in [-0.3, -0.25) is 4.79 Å². The van der Waals surface area contributed by atoms with E-state index in [0.717, 1.165) is 15.8 Å². The summed E-state index contributed by atoms with van der Waals surface area (Å²) in [5, 5.41) is 12.1. The summed E-state index contributed by atoms with van der Waals surface area (Å²) in [5.74, 6) is 1.15. The first-order valence-corrected chi connectivity index (χ1v) is 9.59. The third kappa shape index (κ3) is 5.04. The number of carbonyl (C=O) groups is 1. The fraction of sp³-hybridized carbons (Fsp3) is 0.167. The van der Waals surface area contributed by atoms with Gasteiger partial charge in [0.05, 0.1) is 12.4 Å². The molecule has 0 aliphatic heterocycles. The summed E-state index contributed by atoms with van der Waals surface area (Å²) in [6.45, 7) is 2.54. The Morgan fingerprint density at radius 2 is 1.88 bits per heavy atom. The number of carbonyl (C=O) groups excluding carboxylic acids is 1. The average molecular weight is 371 g/mol. The standard InChI is InChI=1S/C18H17N3O2S2/c1-2-23-15-10-8-13(9-11-15)16(22)12-24-18-21-20-17(25-18)19-14-6-4-3-5-7-14/h3-11H,2,12H2,1H3,(H,19,20). The molecule has 0 fully saturated rings. The van der Waals surface area contributed by atoms with Crippen LogP contribution in [-0.4, -0.2) is 28.3 Å². The van der Waals surface area contributed by atoms with E-state index in [1.807, 2.05) is 49.4 Å². The number of anilines is 2. The lowest BCUT2D eigenvalue weighted by molar-refractivity contribution is 0.102. The van der Waals surface area contributed by atoms with E-state index < -0.39 is 0 Å². The number of benzene rings is 2. The predicted octanol–water partition coefficient (Wildman–Crippen LogP) is 4.66. The number of nitrogens with one attached hydrogen (secondary N) is 1. The molecule has 0 bridgehead atoms. The second-order valence-corrected chi connectivity index (χ2v) is 7.23. The molecule has 0 atom stereocenters. The van der Waals surface area contributed by atoms with Crippen LogP contribution in [0.15, 0.2) is 58.9 Å². The van der Waals surface area contributed by atoms with Crippen LogP contribution in [0.25, 0.3) is 0 Å². The van der Waals surface area contributed by atoms with Gasteiger partial charge in [-0.1, -0.05) is 41.3 Å². The maximum absolute atomic E-state index is 12.3. The Hall–Kier alpha value is -2.38. The smallest absolute Gasteiger partial charge is 0.210 e. The second kappa shape index (κ2) is 8.64. The van der Waals surface area contributed by atoms with E-state index in [2.05, 4.69) is 15.5 Å². The predicted molar refractivity (Wildman–Crippen MR) is 102 cm³/mol. The lowest BCUT2D eigenvalue weighted by Crippen LogP contribution is -2.02. The molecule has 1 N–H and O–H groups in total. The van der Waals surface area contributed by atoms with E-state index in [0.29, 0.717) is 23.1 Å². The Morgan fingerprint density at radius 1 is 1.12 bits per heavy atom. The van der Waals surface area contributed by atoms with Gasteiger partial charge in [0.1, 0.15) is 5.75 Å². The minimum Gasteiger partial charge on any atom is -0.494 e. The summed E-state index contributed by atoms with van der Waals surface area (Å²) < 4.78 is 6.14. The third-order valence-electron chi connectivity index (χ3n) is 3.25. The van der Waals surface area contributed by atoms with E-state index in [4.69, 9.17) is 4.74 Å². The molecule has 3 rings (SSSR count). The van der Waals surface area contributed by atoms with Crippen LogP contribution in [0.5, 0.6) is 5.75 Å². The highest BCUT2D eigenvalue weighted by atomic mass is 32.2. The molecule has 128 valence electrons. The molecule has 1 aromatic heterocycles. The maximum atomic E-state index is 12.3. The highest BCUT2D eigenvalue weighted by molar-refractivity contribution is 8.01. The molecular weight excluding hydrogens is 354 g/mol. The van der Waals surface area contributed by atoms with Crippen molar-refractivity contribution >= 4 is 39.7 Å². The second-order valence-electron chi connectivity index (χ2n) is 5.03. The molecule has 7 heteroatoms. The zero-order valence-corrected chi connectivity index (χ0v) is 15.3. The van der Waals surface area contributed by atoms with Crippen LogP contribution in [0, 0.1) is 0 Å². The van der Waals surface area contributed by atoms with Crippen molar-refractivity contribution in [3.8, 4) is 5.75 Å². The molecule has 3 aromatic rings. The fourth-order valence-electron chi connectivity index (χ4n) is 2.08. The molecule has 0 saturated carbocycles. The lowest BCUT2D eigenvalue weighted by Gasteiger charge is -2.04. The number of thioether (sulfide) groups is 1. The minimum absolute atomic E-state index is 0.0563. The number of hydrogen-bond acceptors (Lipinski definition) is 7. The van der Waals surface area contributed by atoms with Gasteiger partial charge in [0.15, 0.2) is 10.1 Å². The van der Waals surface area contributed by atoms with Gasteiger partial charge >= 0.3 is 0 Å². The number of rotatable bonds is 8. The zero-order chi connectivity index (χ0) is 17.5. The molecule has 0 amide bonds. The van der Waals surface area contributed by atoms with Crippen LogP contribution < -0.4 is 10.1 Å². The van der Waals surface area contributed by atoms with E-state index >= 15 is 0 Å². The van der Waals surface area contributed by atoms with Crippen LogP contribution in [-0.2, 0) is 0 Å². The molecule has 5 nitrogen and oxygen atoms in total. The summed E-state index contributed by atoms with van der Waals surface area (Å²) >= 11 is 2.82. The van der Waals surface area contributed by atoms with Crippen molar-refractivity contribution in [2.45, 2.75) is 11.3 Å². The number of ether oxygens (including phenoxy) is 1. The molecule has 1 heterocycles. The van der Waals surface area contributed by atoms with Crippen molar-refractivity contribution in [3.05, 3.63) is 60.2 Å². The summed E-state index contributed by atoms with van der Waals surface area (Å²) in [5.41, 5.74) is 1.63. The van der Waals surface area contributed by atoms with Crippen molar-refractivity contribution < 1.29 is 9.53 Å². The molecular formula is C18H17N3O2S2. The molecule has 2 aromatic carbocycles. The Bertz CT molecular complexity index is 820.